The van der Waals surface area contributed by atoms with Crippen LogP contribution in [0.25, 0.3) is 0 Å². The molecule has 0 aromatic heterocycles. The lowest BCUT2D eigenvalue weighted by molar-refractivity contribution is -0.121. The van der Waals surface area contributed by atoms with E-state index in [1.54, 1.807) is 0 Å². The summed E-state index contributed by atoms with van der Waals surface area (Å²) in [4.78, 5) is 11.7. The first-order valence-corrected chi connectivity index (χ1v) is 9.07. The minimum Gasteiger partial charge on any atom is -0.298 e. The monoisotopic (exact) mass is 309 g/mol. The van der Waals surface area contributed by atoms with Gasteiger partial charge in [0.15, 0.2) is 0 Å². The molecule has 1 heterocycles. The van der Waals surface area contributed by atoms with Gasteiger partial charge in [0, 0.05) is 6.54 Å². The Labute approximate surface area is 127 Å². The minimum absolute atomic E-state index is 0.0503. The molecule has 1 aromatic carbocycles. The van der Waals surface area contributed by atoms with Crippen molar-refractivity contribution in [2.45, 2.75) is 45.1 Å². The van der Waals surface area contributed by atoms with Crippen molar-refractivity contribution in [3.63, 3.8) is 0 Å². The van der Waals surface area contributed by atoms with Gasteiger partial charge in [-0.1, -0.05) is 43.7 Å². The molecule has 0 radical (unpaired) electrons. The maximum absolute atomic E-state index is 12.7. The Balaban J connectivity index is 2.15. The zero-order valence-electron chi connectivity index (χ0n) is 12.7. The van der Waals surface area contributed by atoms with E-state index in [9.17, 15) is 13.2 Å². The van der Waals surface area contributed by atoms with Crippen LogP contribution in [0.5, 0.6) is 0 Å². The van der Waals surface area contributed by atoms with E-state index >= 15 is 0 Å². The van der Waals surface area contributed by atoms with Crippen LogP contribution in [0.2, 0.25) is 0 Å². The molecule has 1 aliphatic heterocycles. The van der Waals surface area contributed by atoms with Crippen molar-refractivity contribution >= 4 is 15.8 Å². The van der Waals surface area contributed by atoms with Gasteiger partial charge in [-0.05, 0) is 31.2 Å². The van der Waals surface area contributed by atoms with E-state index in [2.05, 4.69) is 0 Å². The van der Waals surface area contributed by atoms with E-state index in [4.69, 9.17) is 0 Å². The lowest BCUT2D eigenvalue weighted by atomic mass is 10.0. The molecule has 0 N–H and O–H groups in total. The normalized spacial score (nSPS) is 21.9. The third kappa shape index (κ3) is 3.92. The zero-order valence-corrected chi connectivity index (χ0v) is 13.5. The molecule has 4 nitrogen and oxygen atoms in total. The molecule has 1 saturated heterocycles. The van der Waals surface area contributed by atoms with Crippen LogP contribution < -0.4 is 0 Å². The van der Waals surface area contributed by atoms with Gasteiger partial charge in [-0.25, -0.2) is 8.42 Å². The molecule has 21 heavy (non-hydrogen) atoms. The second-order valence-electron chi connectivity index (χ2n) is 5.82. The average Bonchev–Trinajstić information content (AvgIpc) is 2.47. The minimum atomic E-state index is -3.41. The van der Waals surface area contributed by atoms with E-state index in [1.165, 1.54) is 11.2 Å². The van der Waals surface area contributed by atoms with E-state index in [1.807, 2.05) is 37.3 Å². The van der Waals surface area contributed by atoms with Crippen LogP contribution >= 0.6 is 0 Å². The number of nitrogens with zero attached hydrogens (tertiary/aromatic N) is 1. The number of hydrogen-bond donors (Lipinski definition) is 0. The summed E-state index contributed by atoms with van der Waals surface area (Å²) in [5.74, 6) is -0.0720. The molecule has 116 valence electrons. The Kier molecular flexibility index (Phi) is 5.17. The Morgan fingerprint density at radius 2 is 1.95 bits per heavy atom. The van der Waals surface area contributed by atoms with Crippen LogP contribution in [0.3, 0.4) is 0 Å². The highest BCUT2D eigenvalue weighted by Crippen LogP contribution is 2.25. The summed E-state index contributed by atoms with van der Waals surface area (Å²) in [7, 11) is -3.41. The summed E-state index contributed by atoms with van der Waals surface area (Å²) < 4.78 is 26.7. The molecule has 0 spiro atoms. The number of ketones is 1. The highest BCUT2D eigenvalue weighted by Gasteiger charge is 2.35. The molecule has 1 aromatic rings. The maximum atomic E-state index is 12.7. The van der Waals surface area contributed by atoms with Crippen molar-refractivity contribution in [2.24, 2.45) is 0 Å². The number of carbonyl (C=O) groups is 1. The van der Waals surface area contributed by atoms with E-state index in [0.717, 1.165) is 18.4 Å². The second kappa shape index (κ2) is 6.71. The predicted octanol–water partition coefficient (Wildman–Crippen LogP) is 2.56. The molecule has 0 amide bonds. The van der Waals surface area contributed by atoms with Gasteiger partial charge in [0.05, 0.1) is 11.8 Å². The third-order valence-electron chi connectivity index (χ3n) is 4.11. The Hall–Kier alpha value is -1.20. The first kappa shape index (κ1) is 16.2. The Bertz CT molecular complexity index is 583. The number of benzene rings is 1. The van der Waals surface area contributed by atoms with Crippen LogP contribution in [0.15, 0.2) is 30.3 Å². The fraction of sp³-hybridized carbons (Fsp3) is 0.562. The van der Waals surface area contributed by atoms with Crippen LogP contribution in [0, 0.1) is 0 Å². The number of rotatable bonds is 5. The standard InChI is InChI=1S/C16H23NO3S/c1-13(15-8-4-3-5-9-15)12-21(19,20)17-11-7-6-10-16(17)14(2)18/h3-5,8-9,13,16H,6-7,10-12H2,1-2H3. The SMILES string of the molecule is CC(=O)C1CCCCN1S(=O)(=O)CC(C)c1ccccc1. The van der Waals surface area contributed by atoms with Crippen molar-refractivity contribution in [1.82, 2.24) is 4.31 Å². The van der Waals surface area contributed by atoms with Gasteiger partial charge in [-0.3, -0.25) is 4.79 Å². The smallest absolute Gasteiger partial charge is 0.215 e. The zero-order chi connectivity index (χ0) is 15.5. The second-order valence-corrected chi connectivity index (χ2v) is 7.79. The molecular formula is C16H23NO3S. The molecular weight excluding hydrogens is 286 g/mol. The summed E-state index contributed by atoms with van der Waals surface area (Å²) in [5.41, 5.74) is 1.01. The van der Waals surface area contributed by atoms with E-state index in [0.29, 0.717) is 13.0 Å². The van der Waals surface area contributed by atoms with Crippen LogP contribution in [0.1, 0.15) is 44.6 Å². The van der Waals surface area contributed by atoms with E-state index < -0.39 is 16.1 Å². The molecule has 1 aliphatic rings. The summed E-state index contributed by atoms with van der Waals surface area (Å²) >= 11 is 0. The largest absolute Gasteiger partial charge is 0.298 e. The lowest BCUT2D eigenvalue weighted by Gasteiger charge is -2.33. The van der Waals surface area contributed by atoms with Gasteiger partial charge in [0.1, 0.15) is 5.78 Å². The first-order chi connectivity index (χ1) is 9.92. The van der Waals surface area contributed by atoms with Gasteiger partial charge < -0.3 is 0 Å². The van der Waals surface area contributed by atoms with Crippen molar-refractivity contribution in [3.8, 4) is 0 Å². The Morgan fingerprint density at radius 3 is 2.57 bits per heavy atom. The summed E-state index contributed by atoms with van der Waals surface area (Å²) in [6, 6.07) is 9.17. The average molecular weight is 309 g/mol. The molecule has 0 bridgehead atoms. The molecule has 2 atom stereocenters. The lowest BCUT2D eigenvalue weighted by Crippen LogP contribution is -2.48. The third-order valence-corrected chi connectivity index (χ3v) is 6.18. The summed E-state index contributed by atoms with van der Waals surface area (Å²) in [5, 5.41) is 0. The summed E-state index contributed by atoms with van der Waals surface area (Å²) in [6.07, 6.45) is 2.40. The Morgan fingerprint density at radius 1 is 1.29 bits per heavy atom. The van der Waals surface area contributed by atoms with Crippen LogP contribution in [-0.2, 0) is 14.8 Å². The number of hydrogen-bond acceptors (Lipinski definition) is 3. The molecule has 5 heteroatoms. The van der Waals surface area contributed by atoms with Gasteiger partial charge >= 0.3 is 0 Å². The van der Waals surface area contributed by atoms with E-state index in [-0.39, 0.29) is 17.5 Å². The maximum Gasteiger partial charge on any atom is 0.215 e. The molecule has 0 saturated carbocycles. The molecule has 2 rings (SSSR count). The quantitative estimate of drug-likeness (QED) is 0.840. The fourth-order valence-corrected chi connectivity index (χ4v) is 5.00. The van der Waals surface area contributed by atoms with Gasteiger partial charge in [0.25, 0.3) is 0 Å². The van der Waals surface area contributed by atoms with Crippen molar-refractivity contribution in [1.29, 1.82) is 0 Å². The van der Waals surface area contributed by atoms with Gasteiger partial charge in [-0.2, -0.15) is 4.31 Å². The van der Waals surface area contributed by atoms with Gasteiger partial charge in [-0.15, -0.1) is 0 Å². The van der Waals surface area contributed by atoms with Crippen molar-refractivity contribution in [3.05, 3.63) is 35.9 Å². The van der Waals surface area contributed by atoms with Crippen LogP contribution in [-0.4, -0.2) is 36.8 Å². The number of Topliss-reactive ketones (excluding diaryl/α,β-unsaturated/α-hetero) is 1. The first-order valence-electron chi connectivity index (χ1n) is 7.47. The molecule has 2 unspecified atom stereocenters. The van der Waals surface area contributed by atoms with Gasteiger partial charge in [0.2, 0.25) is 10.0 Å². The van der Waals surface area contributed by atoms with Crippen molar-refractivity contribution in [2.75, 3.05) is 12.3 Å². The predicted molar refractivity (Wildman–Crippen MR) is 83.7 cm³/mol. The molecule has 1 fully saturated rings. The number of piperidine rings is 1. The highest BCUT2D eigenvalue weighted by atomic mass is 32.2. The van der Waals surface area contributed by atoms with Crippen molar-refractivity contribution < 1.29 is 13.2 Å². The number of carbonyl (C=O) groups excluding carboxylic acids is 1. The highest BCUT2D eigenvalue weighted by molar-refractivity contribution is 7.89. The topological polar surface area (TPSA) is 54.5 Å². The molecule has 0 aliphatic carbocycles. The summed E-state index contributed by atoms with van der Waals surface area (Å²) in [6.45, 7) is 3.87. The van der Waals surface area contributed by atoms with Crippen LogP contribution in [0.4, 0.5) is 0 Å². The number of sulfonamides is 1. The fourth-order valence-electron chi connectivity index (χ4n) is 2.93.